The monoisotopic (exact) mass is 370 g/mol. The third-order valence-electron chi connectivity index (χ3n) is 4.25. The maximum atomic E-state index is 12.2. The van der Waals surface area contributed by atoms with Gasteiger partial charge in [0.15, 0.2) is 5.78 Å². The standard InChI is InChI=1S/C15H24N2O4.C3H8.C2H4.H2/c1-11(18)13-8-4-5-9-17(13)14(19)10-16-15(20)21-12-6-2-3-7-12;1-3-2;1-2;/h12-13H,2-10H2,1H3,(H,16,20);3H2,1-2H3;1-2H2;1H/t13-;;;/m0.../s1. The van der Waals surface area contributed by atoms with E-state index < -0.39 is 6.09 Å². The highest BCUT2D eigenvalue weighted by Gasteiger charge is 2.30. The minimum absolute atomic E-state index is 0. The fourth-order valence-electron chi connectivity index (χ4n) is 3.10. The van der Waals surface area contributed by atoms with E-state index in [4.69, 9.17) is 4.74 Å². The molecule has 2 aliphatic rings. The molecule has 2 fully saturated rings. The Labute approximate surface area is 159 Å². The van der Waals surface area contributed by atoms with Crippen LogP contribution in [0.4, 0.5) is 4.79 Å². The first-order valence-electron chi connectivity index (χ1n) is 9.73. The van der Waals surface area contributed by atoms with Crippen molar-refractivity contribution in [3.63, 3.8) is 0 Å². The molecular weight excluding hydrogens is 332 g/mol. The van der Waals surface area contributed by atoms with Crippen LogP contribution in [-0.2, 0) is 14.3 Å². The van der Waals surface area contributed by atoms with Gasteiger partial charge in [0.25, 0.3) is 0 Å². The van der Waals surface area contributed by atoms with Crippen LogP contribution in [0.15, 0.2) is 13.2 Å². The molecule has 1 heterocycles. The first-order chi connectivity index (χ1) is 12.5. The Bertz CT molecular complexity index is 440. The third-order valence-corrected chi connectivity index (χ3v) is 4.25. The van der Waals surface area contributed by atoms with E-state index >= 15 is 0 Å². The summed E-state index contributed by atoms with van der Waals surface area (Å²) >= 11 is 0. The zero-order chi connectivity index (χ0) is 19.9. The zero-order valence-corrected chi connectivity index (χ0v) is 16.7. The second-order valence-corrected chi connectivity index (χ2v) is 6.58. The van der Waals surface area contributed by atoms with Crippen molar-refractivity contribution in [2.45, 2.75) is 84.3 Å². The van der Waals surface area contributed by atoms with Gasteiger partial charge in [-0.05, 0) is 51.9 Å². The van der Waals surface area contributed by atoms with E-state index in [0.29, 0.717) is 13.0 Å². The smallest absolute Gasteiger partial charge is 0.407 e. The summed E-state index contributed by atoms with van der Waals surface area (Å²) < 4.78 is 5.24. The van der Waals surface area contributed by atoms with Gasteiger partial charge in [0.1, 0.15) is 12.6 Å². The van der Waals surface area contributed by atoms with Gasteiger partial charge in [-0.15, -0.1) is 13.2 Å². The first kappa shape index (κ1) is 24.1. The average molecular weight is 371 g/mol. The summed E-state index contributed by atoms with van der Waals surface area (Å²) in [6.45, 7) is 12.2. The lowest BCUT2D eigenvalue weighted by Gasteiger charge is -2.34. The highest BCUT2D eigenvalue weighted by molar-refractivity contribution is 5.89. The van der Waals surface area contributed by atoms with Crippen LogP contribution in [0.25, 0.3) is 0 Å². The van der Waals surface area contributed by atoms with Crippen molar-refractivity contribution in [2.24, 2.45) is 0 Å². The average Bonchev–Trinajstić information content (AvgIpc) is 3.15. The summed E-state index contributed by atoms with van der Waals surface area (Å²) in [5, 5.41) is 2.50. The molecule has 1 N–H and O–H groups in total. The maximum absolute atomic E-state index is 12.2. The number of Topliss-reactive ketones (excluding diaryl/α,β-unsaturated/α-hetero) is 1. The predicted octanol–water partition coefficient (Wildman–Crippen LogP) is 4.09. The Hall–Kier alpha value is -1.85. The molecule has 0 aromatic heterocycles. The lowest BCUT2D eigenvalue weighted by molar-refractivity contribution is -0.139. The number of likely N-dealkylation sites (tertiary alicyclic amines) is 1. The second-order valence-electron chi connectivity index (χ2n) is 6.58. The van der Waals surface area contributed by atoms with Crippen molar-refractivity contribution < 1.29 is 20.5 Å². The lowest BCUT2D eigenvalue weighted by Crippen LogP contribution is -2.50. The highest BCUT2D eigenvalue weighted by Crippen LogP contribution is 2.21. The highest BCUT2D eigenvalue weighted by atomic mass is 16.6. The molecule has 0 aromatic carbocycles. The molecule has 1 atom stereocenters. The van der Waals surface area contributed by atoms with E-state index in [1.54, 1.807) is 4.90 Å². The summed E-state index contributed by atoms with van der Waals surface area (Å²) in [6, 6.07) is -0.334. The lowest BCUT2D eigenvalue weighted by atomic mass is 9.99. The Morgan fingerprint density at radius 3 is 2.15 bits per heavy atom. The van der Waals surface area contributed by atoms with Gasteiger partial charge in [0.05, 0.1) is 6.04 Å². The van der Waals surface area contributed by atoms with Crippen LogP contribution < -0.4 is 5.32 Å². The van der Waals surface area contributed by atoms with Crippen LogP contribution in [0.2, 0.25) is 0 Å². The molecular formula is C20H38N2O4. The molecule has 26 heavy (non-hydrogen) atoms. The van der Waals surface area contributed by atoms with Gasteiger partial charge >= 0.3 is 6.09 Å². The number of alkyl carbamates (subject to hydrolysis) is 1. The Morgan fingerprint density at radius 1 is 1.08 bits per heavy atom. The number of hydrogen-bond acceptors (Lipinski definition) is 4. The number of rotatable bonds is 4. The molecule has 2 rings (SSSR count). The van der Waals surface area contributed by atoms with Crippen LogP contribution in [0.5, 0.6) is 0 Å². The molecule has 0 aromatic rings. The van der Waals surface area contributed by atoms with E-state index in [2.05, 4.69) is 32.3 Å². The summed E-state index contributed by atoms with van der Waals surface area (Å²) in [5.41, 5.74) is 0. The van der Waals surface area contributed by atoms with Crippen LogP contribution >= 0.6 is 0 Å². The van der Waals surface area contributed by atoms with E-state index in [1.807, 2.05) is 0 Å². The predicted molar refractivity (Wildman–Crippen MR) is 106 cm³/mol. The zero-order valence-electron chi connectivity index (χ0n) is 16.7. The van der Waals surface area contributed by atoms with Gasteiger partial charge in [0, 0.05) is 7.97 Å². The van der Waals surface area contributed by atoms with Crippen LogP contribution in [-0.4, -0.2) is 47.9 Å². The van der Waals surface area contributed by atoms with E-state index in [-0.39, 0.29) is 31.8 Å². The van der Waals surface area contributed by atoms with E-state index in [9.17, 15) is 14.4 Å². The van der Waals surface area contributed by atoms with Gasteiger partial charge in [-0.2, -0.15) is 0 Å². The fraction of sp³-hybridized carbons (Fsp3) is 0.750. The molecule has 0 unspecified atom stereocenters. The number of carbonyl (C=O) groups excluding carboxylic acids is 3. The second kappa shape index (κ2) is 14.3. The van der Waals surface area contributed by atoms with Gasteiger partial charge < -0.3 is 15.0 Å². The number of ketones is 1. The van der Waals surface area contributed by atoms with Gasteiger partial charge in [0.2, 0.25) is 5.91 Å². The number of nitrogens with one attached hydrogen (secondary N) is 1. The summed E-state index contributed by atoms with van der Waals surface area (Å²) in [7, 11) is 0. The molecule has 1 aliphatic heterocycles. The van der Waals surface area contributed by atoms with Crippen molar-refractivity contribution in [3.8, 4) is 0 Å². The number of hydrogen-bond donors (Lipinski definition) is 1. The molecule has 0 spiro atoms. The number of piperidine rings is 1. The van der Waals surface area contributed by atoms with Crippen molar-refractivity contribution in [3.05, 3.63) is 13.2 Å². The SMILES string of the molecule is C=C.CC(=O)[C@@H]1CCCCN1C(=O)CNC(=O)OC1CCCC1.CCC.[HH]. The van der Waals surface area contributed by atoms with Crippen molar-refractivity contribution in [1.29, 1.82) is 0 Å². The van der Waals surface area contributed by atoms with E-state index in [1.165, 1.54) is 13.3 Å². The van der Waals surface area contributed by atoms with Crippen molar-refractivity contribution in [2.75, 3.05) is 13.1 Å². The summed E-state index contributed by atoms with van der Waals surface area (Å²) in [5.74, 6) is -0.199. The Morgan fingerprint density at radius 2 is 1.62 bits per heavy atom. The maximum Gasteiger partial charge on any atom is 0.407 e. The van der Waals surface area contributed by atoms with Crippen LogP contribution in [0.3, 0.4) is 0 Å². The normalized spacial score (nSPS) is 19.3. The number of nitrogens with zero attached hydrogens (tertiary/aromatic N) is 1. The molecule has 6 heteroatoms. The fourth-order valence-corrected chi connectivity index (χ4v) is 3.10. The minimum atomic E-state index is -0.536. The number of carbonyl (C=O) groups is 3. The number of amides is 2. The Balaban J connectivity index is 0. The summed E-state index contributed by atoms with van der Waals surface area (Å²) in [6.07, 6.45) is 7.27. The molecule has 0 bridgehead atoms. The van der Waals surface area contributed by atoms with E-state index in [0.717, 1.165) is 38.5 Å². The summed E-state index contributed by atoms with van der Waals surface area (Å²) in [4.78, 5) is 36.9. The topological polar surface area (TPSA) is 75.7 Å². The first-order valence-corrected chi connectivity index (χ1v) is 9.73. The molecule has 152 valence electrons. The Kier molecular flexibility index (Phi) is 13.3. The van der Waals surface area contributed by atoms with Gasteiger partial charge in [-0.1, -0.05) is 20.3 Å². The third kappa shape index (κ3) is 9.02. The van der Waals surface area contributed by atoms with Crippen molar-refractivity contribution in [1.82, 2.24) is 10.2 Å². The molecule has 2 amide bonds. The van der Waals surface area contributed by atoms with Crippen LogP contribution in [0, 0.1) is 0 Å². The van der Waals surface area contributed by atoms with Crippen LogP contribution in [0.1, 0.15) is 73.6 Å². The molecule has 1 saturated heterocycles. The molecule has 0 radical (unpaired) electrons. The quantitative estimate of drug-likeness (QED) is 0.756. The van der Waals surface area contributed by atoms with Crippen molar-refractivity contribution >= 4 is 17.8 Å². The molecule has 6 nitrogen and oxygen atoms in total. The molecule has 1 saturated carbocycles. The number of ether oxygens (including phenoxy) is 1. The minimum Gasteiger partial charge on any atom is -0.446 e. The molecule has 1 aliphatic carbocycles. The van der Waals surface area contributed by atoms with Gasteiger partial charge in [-0.25, -0.2) is 4.79 Å². The van der Waals surface area contributed by atoms with Gasteiger partial charge in [-0.3, -0.25) is 9.59 Å². The largest absolute Gasteiger partial charge is 0.446 e.